The van der Waals surface area contributed by atoms with Crippen LogP contribution in [0.4, 0.5) is 0 Å². The summed E-state index contributed by atoms with van der Waals surface area (Å²) in [4.78, 5) is 22.4. The van der Waals surface area contributed by atoms with Crippen LogP contribution >= 0.6 is 0 Å². The van der Waals surface area contributed by atoms with Crippen LogP contribution in [0.3, 0.4) is 0 Å². The normalized spacial score (nSPS) is 14.9. The van der Waals surface area contributed by atoms with E-state index in [-0.39, 0.29) is 29.6 Å². The van der Waals surface area contributed by atoms with Crippen molar-refractivity contribution in [3.8, 4) is 0 Å². The number of nitrogens with one attached hydrogen (secondary N) is 1. The van der Waals surface area contributed by atoms with Gasteiger partial charge < -0.3 is 16.2 Å². The average molecular weight is 258 g/mol. The molecule has 106 valence electrons. The van der Waals surface area contributed by atoms with E-state index in [2.05, 4.69) is 26.1 Å². The van der Waals surface area contributed by atoms with Crippen molar-refractivity contribution in [1.82, 2.24) is 5.32 Å². The number of carboxylic acid groups (broad SMARTS) is 1. The molecule has 0 aliphatic rings. The molecule has 18 heavy (non-hydrogen) atoms. The molecule has 0 saturated heterocycles. The smallest absolute Gasteiger partial charge is 0.303 e. The lowest BCUT2D eigenvalue weighted by atomic mass is 9.84. The highest BCUT2D eigenvalue weighted by atomic mass is 16.4. The molecule has 1 amide bonds. The third-order valence-electron chi connectivity index (χ3n) is 2.66. The highest BCUT2D eigenvalue weighted by Gasteiger charge is 2.23. The molecule has 0 fully saturated rings. The first-order chi connectivity index (χ1) is 8.15. The van der Waals surface area contributed by atoms with Gasteiger partial charge in [0.15, 0.2) is 0 Å². The van der Waals surface area contributed by atoms with Gasteiger partial charge in [0.2, 0.25) is 5.91 Å². The van der Waals surface area contributed by atoms with Crippen molar-refractivity contribution in [2.24, 2.45) is 23.0 Å². The number of rotatable bonds is 7. The quantitative estimate of drug-likeness (QED) is 0.640. The summed E-state index contributed by atoms with van der Waals surface area (Å²) in [6, 6.07) is 0. The van der Waals surface area contributed by atoms with Crippen LogP contribution in [0, 0.1) is 17.3 Å². The zero-order chi connectivity index (χ0) is 14.3. The Balaban J connectivity index is 4.16. The van der Waals surface area contributed by atoms with Crippen LogP contribution < -0.4 is 11.1 Å². The van der Waals surface area contributed by atoms with Crippen molar-refractivity contribution >= 4 is 11.9 Å². The summed E-state index contributed by atoms with van der Waals surface area (Å²) in [7, 11) is 0. The predicted molar refractivity (Wildman–Crippen MR) is 71.0 cm³/mol. The van der Waals surface area contributed by atoms with Crippen LogP contribution in [0.1, 0.15) is 40.5 Å². The average Bonchev–Trinajstić information content (AvgIpc) is 2.20. The molecular formula is C13H26N2O3. The summed E-state index contributed by atoms with van der Waals surface area (Å²) in [5.74, 6) is -1.20. The van der Waals surface area contributed by atoms with Gasteiger partial charge in [-0.2, -0.15) is 0 Å². The zero-order valence-electron chi connectivity index (χ0n) is 11.8. The van der Waals surface area contributed by atoms with Crippen molar-refractivity contribution in [3.05, 3.63) is 0 Å². The topological polar surface area (TPSA) is 92.4 Å². The Morgan fingerprint density at radius 3 is 2.28 bits per heavy atom. The van der Waals surface area contributed by atoms with Crippen molar-refractivity contribution < 1.29 is 14.7 Å². The summed E-state index contributed by atoms with van der Waals surface area (Å²) >= 11 is 0. The molecule has 0 aromatic carbocycles. The summed E-state index contributed by atoms with van der Waals surface area (Å²) in [5, 5.41) is 11.4. The van der Waals surface area contributed by atoms with Crippen LogP contribution in [0.5, 0.6) is 0 Å². The Morgan fingerprint density at radius 1 is 1.33 bits per heavy atom. The fraction of sp³-hybridized carbons (Fsp3) is 0.846. The number of amides is 1. The fourth-order valence-corrected chi connectivity index (χ4v) is 1.81. The first kappa shape index (κ1) is 16.9. The molecule has 0 saturated carbocycles. The van der Waals surface area contributed by atoms with Gasteiger partial charge in [-0.05, 0) is 17.8 Å². The minimum atomic E-state index is -0.846. The standard InChI is InChI=1S/C13H26N2O3/c1-9(5-11(16)17)8-15-12(18)10(7-14)6-13(2,3)4/h9-10H,5-8,14H2,1-4H3,(H,15,18)(H,16,17). The number of carbonyl (C=O) groups is 2. The molecule has 0 radical (unpaired) electrons. The van der Waals surface area contributed by atoms with Gasteiger partial charge in [0.05, 0.1) is 5.92 Å². The van der Waals surface area contributed by atoms with E-state index in [1.807, 2.05) is 0 Å². The maximum absolute atomic E-state index is 11.9. The Kier molecular flexibility index (Phi) is 6.91. The largest absolute Gasteiger partial charge is 0.481 e. The molecule has 2 unspecified atom stereocenters. The van der Waals surface area contributed by atoms with Crippen molar-refractivity contribution in [2.75, 3.05) is 13.1 Å². The number of carbonyl (C=O) groups excluding carboxylic acids is 1. The van der Waals surface area contributed by atoms with E-state index in [4.69, 9.17) is 10.8 Å². The molecule has 0 aliphatic carbocycles. The Morgan fingerprint density at radius 2 is 1.89 bits per heavy atom. The third-order valence-corrected chi connectivity index (χ3v) is 2.66. The van der Waals surface area contributed by atoms with Crippen LogP contribution in [0.25, 0.3) is 0 Å². The zero-order valence-corrected chi connectivity index (χ0v) is 11.8. The van der Waals surface area contributed by atoms with Crippen LogP contribution in [0.2, 0.25) is 0 Å². The molecule has 0 aliphatic heterocycles. The second-order valence-corrected chi connectivity index (χ2v) is 6.15. The van der Waals surface area contributed by atoms with E-state index in [1.54, 1.807) is 6.92 Å². The van der Waals surface area contributed by atoms with Gasteiger partial charge >= 0.3 is 5.97 Å². The van der Waals surface area contributed by atoms with Crippen LogP contribution in [-0.2, 0) is 9.59 Å². The van der Waals surface area contributed by atoms with E-state index < -0.39 is 5.97 Å². The second kappa shape index (κ2) is 7.36. The monoisotopic (exact) mass is 258 g/mol. The van der Waals surface area contributed by atoms with E-state index in [9.17, 15) is 9.59 Å². The van der Waals surface area contributed by atoms with E-state index in [1.165, 1.54) is 0 Å². The van der Waals surface area contributed by atoms with Gasteiger partial charge in [0.1, 0.15) is 0 Å². The van der Waals surface area contributed by atoms with Gasteiger partial charge in [-0.3, -0.25) is 9.59 Å². The lowest BCUT2D eigenvalue weighted by Crippen LogP contribution is -2.39. The van der Waals surface area contributed by atoms with Gasteiger partial charge in [-0.1, -0.05) is 27.7 Å². The lowest BCUT2D eigenvalue weighted by Gasteiger charge is -2.24. The number of carboxylic acids is 1. The molecule has 0 aromatic rings. The molecule has 0 heterocycles. The highest BCUT2D eigenvalue weighted by molar-refractivity contribution is 5.79. The first-order valence-electron chi connectivity index (χ1n) is 6.35. The van der Waals surface area contributed by atoms with Gasteiger partial charge in [-0.15, -0.1) is 0 Å². The molecule has 0 bridgehead atoms. The molecule has 0 spiro atoms. The molecule has 5 nitrogen and oxygen atoms in total. The van der Waals surface area contributed by atoms with Gasteiger partial charge in [0, 0.05) is 19.5 Å². The minimum Gasteiger partial charge on any atom is -0.481 e. The Hall–Kier alpha value is -1.10. The number of nitrogens with two attached hydrogens (primary N) is 1. The Bertz CT molecular complexity index is 284. The van der Waals surface area contributed by atoms with Crippen molar-refractivity contribution in [3.63, 3.8) is 0 Å². The van der Waals surface area contributed by atoms with E-state index in [0.29, 0.717) is 13.1 Å². The van der Waals surface area contributed by atoms with Gasteiger partial charge in [-0.25, -0.2) is 0 Å². The fourth-order valence-electron chi connectivity index (χ4n) is 1.81. The molecule has 0 aromatic heterocycles. The lowest BCUT2D eigenvalue weighted by molar-refractivity contribution is -0.138. The molecule has 5 heteroatoms. The maximum atomic E-state index is 11.9. The number of aliphatic carboxylic acids is 1. The van der Waals surface area contributed by atoms with Gasteiger partial charge in [0.25, 0.3) is 0 Å². The summed E-state index contributed by atoms with van der Waals surface area (Å²) in [6.45, 7) is 8.69. The predicted octanol–water partition coefficient (Wildman–Crippen LogP) is 1.22. The Labute approximate surface area is 109 Å². The number of hydrogen-bond donors (Lipinski definition) is 3. The SMILES string of the molecule is CC(CNC(=O)C(CN)CC(C)(C)C)CC(=O)O. The van der Waals surface area contributed by atoms with Crippen molar-refractivity contribution in [1.29, 1.82) is 0 Å². The third kappa shape index (κ3) is 8.06. The first-order valence-corrected chi connectivity index (χ1v) is 6.35. The van der Waals surface area contributed by atoms with Crippen molar-refractivity contribution in [2.45, 2.75) is 40.5 Å². The van der Waals surface area contributed by atoms with E-state index >= 15 is 0 Å². The minimum absolute atomic E-state index is 0.0497. The molecule has 2 atom stereocenters. The summed E-state index contributed by atoms with van der Waals surface area (Å²) < 4.78 is 0. The second-order valence-electron chi connectivity index (χ2n) is 6.15. The number of hydrogen-bond acceptors (Lipinski definition) is 3. The van der Waals surface area contributed by atoms with Crippen LogP contribution in [0.15, 0.2) is 0 Å². The van der Waals surface area contributed by atoms with Crippen LogP contribution in [-0.4, -0.2) is 30.1 Å². The summed E-state index contributed by atoms with van der Waals surface area (Å²) in [6.07, 6.45) is 0.787. The van der Waals surface area contributed by atoms with E-state index in [0.717, 1.165) is 6.42 Å². The molecular weight excluding hydrogens is 232 g/mol. The maximum Gasteiger partial charge on any atom is 0.303 e. The summed E-state index contributed by atoms with van der Waals surface area (Å²) in [5.41, 5.74) is 5.66. The highest BCUT2D eigenvalue weighted by Crippen LogP contribution is 2.24. The molecule has 4 N–H and O–H groups in total. The molecule has 0 rings (SSSR count).